The average molecular weight is 420 g/mol. The molecule has 4 rings (SSSR count). The van der Waals surface area contributed by atoms with E-state index in [1.807, 2.05) is 0 Å². The second-order valence-corrected chi connectivity index (χ2v) is 8.71. The molecule has 0 spiro atoms. The van der Waals surface area contributed by atoms with Gasteiger partial charge in [-0.05, 0) is 55.3 Å². The summed E-state index contributed by atoms with van der Waals surface area (Å²) in [5.74, 6) is 1.27. The third-order valence-corrected chi connectivity index (χ3v) is 7.00. The summed E-state index contributed by atoms with van der Waals surface area (Å²) in [6.45, 7) is 1.01. The molecule has 0 atom stereocenters. The van der Waals surface area contributed by atoms with Gasteiger partial charge >= 0.3 is 0 Å². The van der Waals surface area contributed by atoms with E-state index in [0.29, 0.717) is 24.5 Å². The lowest BCUT2D eigenvalue weighted by molar-refractivity contribution is 0.415. The molecule has 0 saturated carbocycles. The predicted molar refractivity (Wildman–Crippen MR) is 105 cm³/mol. The minimum absolute atomic E-state index is 0.0535. The molecule has 1 aromatic heterocycles. The zero-order valence-corrected chi connectivity index (χ0v) is 16.7. The van der Waals surface area contributed by atoms with Crippen LogP contribution in [0.4, 0.5) is 0 Å². The van der Waals surface area contributed by atoms with Crippen molar-refractivity contribution >= 4 is 21.6 Å². The van der Waals surface area contributed by atoms with Crippen LogP contribution in [0.15, 0.2) is 51.8 Å². The largest absolute Gasteiger partial charge is 0.497 e. The Labute approximate surface area is 168 Å². The summed E-state index contributed by atoms with van der Waals surface area (Å²) in [6.07, 6.45) is 1.71. The van der Waals surface area contributed by atoms with E-state index >= 15 is 0 Å². The summed E-state index contributed by atoms with van der Waals surface area (Å²) >= 11 is 6.19. The van der Waals surface area contributed by atoms with Gasteiger partial charge in [0, 0.05) is 24.2 Å². The summed E-state index contributed by atoms with van der Waals surface area (Å²) < 4.78 is 38.1. The summed E-state index contributed by atoms with van der Waals surface area (Å²) in [5, 5.41) is 8.29. The first-order valence-electron chi connectivity index (χ1n) is 8.77. The highest BCUT2D eigenvalue weighted by Gasteiger charge is 2.29. The molecule has 0 N–H and O–H groups in total. The molecule has 0 unspecified atom stereocenters. The Kier molecular flexibility index (Phi) is 5.09. The van der Waals surface area contributed by atoms with Crippen LogP contribution in [0.5, 0.6) is 5.75 Å². The van der Waals surface area contributed by atoms with Crippen molar-refractivity contribution in [1.29, 1.82) is 0 Å². The van der Waals surface area contributed by atoms with Crippen LogP contribution in [0.2, 0.25) is 5.02 Å². The smallest absolute Gasteiger partial charge is 0.248 e. The van der Waals surface area contributed by atoms with Crippen LogP contribution in [0.3, 0.4) is 0 Å². The fraction of sp³-hybridized carbons (Fsp3) is 0.263. The summed E-state index contributed by atoms with van der Waals surface area (Å²) in [6, 6.07) is 11.9. The highest BCUT2D eigenvalue weighted by atomic mass is 35.5. The maximum absolute atomic E-state index is 12.9. The van der Waals surface area contributed by atoms with Crippen LogP contribution in [-0.4, -0.2) is 43.1 Å². The Hall–Kier alpha value is -2.42. The minimum Gasteiger partial charge on any atom is -0.497 e. The van der Waals surface area contributed by atoms with Crippen molar-refractivity contribution in [3.05, 3.63) is 47.5 Å². The zero-order valence-electron chi connectivity index (χ0n) is 15.1. The van der Waals surface area contributed by atoms with Crippen molar-refractivity contribution in [2.45, 2.75) is 17.7 Å². The highest BCUT2D eigenvalue weighted by Crippen LogP contribution is 2.32. The molecule has 0 aliphatic carbocycles. The number of sulfonamides is 1. The first-order valence-corrected chi connectivity index (χ1v) is 10.6. The van der Waals surface area contributed by atoms with Gasteiger partial charge in [-0.25, -0.2) is 8.42 Å². The van der Waals surface area contributed by atoms with Crippen molar-refractivity contribution < 1.29 is 17.6 Å². The van der Waals surface area contributed by atoms with Gasteiger partial charge < -0.3 is 9.15 Å². The van der Waals surface area contributed by atoms with Gasteiger partial charge in [-0.1, -0.05) is 11.6 Å². The third-order valence-electron chi connectivity index (χ3n) is 4.62. The maximum atomic E-state index is 12.9. The minimum atomic E-state index is -3.66. The number of rotatable bonds is 5. The monoisotopic (exact) mass is 419 g/mol. The van der Waals surface area contributed by atoms with E-state index in [0.717, 1.165) is 24.2 Å². The lowest BCUT2D eigenvalue weighted by Crippen LogP contribution is -2.28. The van der Waals surface area contributed by atoms with Crippen molar-refractivity contribution in [3.8, 4) is 28.7 Å². The van der Waals surface area contributed by atoms with E-state index in [1.165, 1.54) is 16.4 Å². The van der Waals surface area contributed by atoms with Gasteiger partial charge in [0.25, 0.3) is 0 Å². The summed E-state index contributed by atoms with van der Waals surface area (Å²) in [5.41, 5.74) is 1.23. The molecule has 7 nitrogen and oxygen atoms in total. The highest BCUT2D eigenvalue weighted by molar-refractivity contribution is 7.89. The molecule has 0 amide bonds. The molecular weight excluding hydrogens is 402 g/mol. The normalized spacial score (nSPS) is 15.1. The van der Waals surface area contributed by atoms with Crippen LogP contribution in [-0.2, 0) is 10.0 Å². The van der Waals surface area contributed by atoms with Gasteiger partial charge in [-0.2, -0.15) is 4.31 Å². The Bertz CT molecular complexity index is 1090. The van der Waals surface area contributed by atoms with Crippen molar-refractivity contribution in [2.24, 2.45) is 0 Å². The first kappa shape index (κ1) is 18.9. The van der Waals surface area contributed by atoms with E-state index < -0.39 is 10.0 Å². The number of benzene rings is 2. The van der Waals surface area contributed by atoms with E-state index in [-0.39, 0.29) is 15.8 Å². The average Bonchev–Trinajstić information content (AvgIpc) is 3.41. The summed E-state index contributed by atoms with van der Waals surface area (Å²) in [7, 11) is -2.06. The van der Waals surface area contributed by atoms with Crippen LogP contribution < -0.4 is 4.74 Å². The second kappa shape index (κ2) is 7.54. The molecule has 1 saturated heterocycles. The molecule has 1 aliphatic heterocycles. The van der Waals surface area contributed by atoms with Gasteiger partial charge in [0.1, 0.15) is 10.6 Å². The third kappa shape index (κ3) is 3.50. The van der Waals surface area contributed by atoms with E-state index in [4.69, 9.17) is 20.8 Å². The molecule has 0 radical (unpaired) electrons. The van der Waals surface area contributed by atoms with E-state index in [2.05, 4.69) is 10.2 Å². The number of ether oxygens (including phenoxy) is 1. The van der Waals surface area contributed by atoms with Gasteiger partial charge in [0.2, 0.25) is 21.8 Å². The number of halogens is 1. The number of methoxy groups -OCH3 is 1. The maximum Gasteiger partial charge on any atom is 0.248 e. The molecule has 2 aromatic carbocycles. The lowest BCUT2D eigenvalue weighted by Gasteiger charge is -2.16. The van der Waals surface area contributed by atoms with Crippen molar-refractivity contribution in [2.75, 3.05) is 20.2 Å². The first-order chi connectivity index (χ1) is 13.5. The number of nitrogens with zero attached hydrogens (tertiary/aromatic N) is 3. The number of hydrogen-bond acceptors (Lipinski definition) is 6. The topological polar surface area (TPSA) is 85.5 Å². The second-order valence-electron chi connectivity index (χ2n) is 6.40. The van der Waals surface area contributed by atoms with Crippen LogP contribution in [0.1, 0.15) is 12.8 Å². The molecule has 9 heteroatoms. The van der Waals surface area contributed by atoms with Gasteiger partial charge in [-0.3, -0.25) is 0 Å². The standard InChI is InChI=1S/C19H18ClN3O4S/c1-26-15-7-4-13(5-8-15)18-21-22-19(27-18)14-6-9-16(20)17(12-14)28(24,25)23-10-2-3-11-23/h4-9,12H,2-3,10-11H2,1H3. The number of hydrogen-bond donors (Lipinski definition) is 0. The molecule has 146 valence electrons. The Morgan fingerprint density at radius 1 is 1.00 bits per heavy atom. The van der Waals surface area contributed by atoms with Crippen molar-refractivity contribution in [1.82, 2.24) is 14.5 Å². The van der Waals surface area contributed by atoms with Gasteiger partial charge in [0.05, 0.1) is 12.1 Å². The molecule has 0 bridgehead atoms. The molecule has 1 fully saturated rings. The quantitative estimate of drug-likeness (QED) is 0.624. The Morgan fingerprint density at radius 2 is 1.61 bits per heavy atom. The predicted octanol–water partition coefficient (Wildman–Crippen LogP) is 3.85. The van der Waals surface area contributed by atoms with Crippen molar-refractivity contribution in [3.63, 3.8) is 0 Å². The fourth-order valence-corrected chi connectivity index (χ4v) is 5.11. The molecule has 3 aromatic rings. The lowest BCUT2D eigenvalue weighted by atomic mass is 10.2. The van der Waals surface area contributed by atoms with E-state index in [1.54, 1.807) is 37.4 Å². The fourth-order valence-electron chi connectivity index (χ4n) is 3.09. The van der Waals surface area contributed by atoms with E-state index in [9.17, 15) is 8.42 Å². The molecular formula is C19H18ClN3O4S. The summed E-state index contributed by atoms with van der Waals surface area (Å²) in [4.78, 5) is 0.0535. The Balaban J connectivity index is 1.68. The zero-order chi connectivity index (χ0) is 19.7. The molecule has 1 aliphatic rings. The Morgan fingerprint density at radius 3 is 2.25 bits per heavy atom. The number of aromatic nitrogens is 2. The van der Waals surface area contributed by atoms with Crippen LogP contribution >= 0.6 is 11.6 Å². The van der Waals surface area contributed by atoms with Gasteiger partial charge in [0.15, 0.2) is 0 Å². The molecule has 2 heterocycles. The SMILES string of the molecule is COc1ccc(-c2nnc(-c3ccc(Cl)c(S(=O)(=O)N4CCCC4)c3)o2)cc1. The van der Waals surface area contributed by atoms with Crippen LogP contribution in [0.25, 0.3) is 22.9 Å². The molecule has 28 heavy (non-hydrogen) atoms. The van der Waals surface area contributed by atoms with Gasteiger partial charge in [-0.15, -0.1) is 10.2 Å². The van der Waals surface area contributed by atoms with Crippen LogP contribution in [0, 0.1) is 0 Å².